The molecule has 0 bridgehead atoms. The van der Waals surface area contributed by atoms with Crippen LogP contribution in [0.4, 0.5) is 0 Å². The summed E-state index contributed by atoms with van der Waals surface area (Å²) in [5.74, 6) is 0. The zero-order valence-electron chi connectivity index (χ0n) is 18.0. The SMILES string of the molecule is CCC[CH2][Sn]([CH2]CCC)([CH2]CCC)[CH](CCC)SC(=S)N(CC)CC. The predicted octanol–water partition coefficient (Wildman–Crippen LogP) is 7.90. The van der Waals surface area contributed by atoms with Crippen molar-refractivity contribution in [1.82, 2.24) is 4.90 Å². The van der Waals surface area contributed by atoms with Crippen LogP contribution in [0.15, 0.2) is 0 Å². The Hall–Kier alpha value is 1.04. The van der Waals surface area contributed by atoms with Crippen LogP contribution in [0.3, 0.4) is 0 Å². The van der Waals surface area contributed by atoms with Crippen molar-refractivity contribution in [2.45, 2.75) is 109 Å². The fourth-order valence-corrected chi connectivity index (χ4v) is 28.5. The Labute approximate surface area is 173 Å². The maximum atomic E-state index is 5.89. The number of hydrogen-bond acceptors (Lipinski definition) is 2. The standard InChI is InChI=1S/C9H18NS2.3C4H9.Sn/c1-4-7-8-12-9(11)10(5-2)6-3;3*1-3-4-2;/h8H,4-7H2,1-3H3;3*1,3-4H2,2H3;. The predicted molar refractivity (Wildman–Crippen MR) is 127 cm³/mol. The van der Waals surface area contributed by atoms with Crippen LogP contribution in [0, 0.1) is 0 Å². The number of hydrogen-bond donors (Lipinski definition) is 0. The van der Waals surface area contributed by atoms with E-state index in [-0.39, 0.29) is 0 Å². The third kappa shape index (κ3) is 9.69. The van der Waals surface area contributed by atoms with Gasteiger partial charge in [0.25, 0.3) is 0 Å². The molecule has 0 aromatic rings. The molecule has 0 aromatic carbocycles. The minimum atomic E-state index is -2.21. The summed E-state index contributed by atoms with van der Waals surface area (Å²) in [4.78, 5) is 2.40. The summed E-state index contributed by atoms with van der Waals surface area (Å²) in [6.07, 6.45) is 11.2. The van der Waals surface area contributed by atoms with Gasteiger partial charge >= 0.3 is 174 Å². The van der Waals surface area contributed by atoms with E-state index in [1.807, 2.05) is 0 Å². The Bertz CT molecular complexity index is 310. The van der Waals surface area contributed by atoms with E-state index in [0.717, 1.165) is 16.4 Å². The van der Waals surface area contributed by atoms with Gasteiger partial charge < -0.3 is 0 Å². The van der Waals surface area contributed by atoms with Crippen LogP contribution in [0.25, 0.3) is 0 Å². The van der Waals surface area contributed by atoms with Crippen LogP contribution >= 0.6 is 24.0 Å². The molecule has 0 spiro atoms. The normalized spacial score (nSPS) is 13.0. The topological polar surface area (TPSA) is 3.24 Å². The summed E-state index contributed by atoms with van der Waals surface area (Å²) in [7, 11) is 0. The molecule has 1 atom stereocenters. The van der Waals surface area contributed by atoms with Gasteiger partial charge in [-0.2, -0.15) is 0 Å². The van der Waals surface area contributed by atoms with Gasteiger partial charge in [0, 0.05) is 0 Å². The third-order valence-corrected chi connectivity index (χ3v) is 27.7. The van der Waals surface area contributed by atoms with Gasteiger partial charge in [-0.25, -0.2) is 0 Å². The maximum absolute atomic E-state index is 5.89. The van der Waals surface area contributed by atoms with Gasteiger partial charge in [-0.3, -0.25) is 0 Å². The van der Waals surface area contributed by atoms with Crippen molar-refractivity contribution in [3.63, 3.8) is 0 Å². The molecule has 0 fully saturated rings. The van der Waals surface area contributed by atoms with E-state index in [9.17, 15) is 0 Å². The second-order valence-corrected chi connectivity index (χ2v) is 24.6. The van der Waals surface area contributed by atoms with Crippen LogP contribution < -0.4 is 0 Å². The molecule has 0 aromatic heterocycles. The molecule has 0 saturated carbocycles. The zero-order chi connectivity index (χ0) is 19.1. The average Bonchev–Trinajstić information content (AvgIpc) is 2.62. The van der Waals surface area contributed by atoms with E-state index in [1.54, 1.807) is 13.3 Å². The van der Waals surface area contributed by atoms with Crippen molar-refractivity contribution < 1.29 is 0 Å². The Morgan fingerprint density at radius 1 is 0.800 bits per heavy atom. The molecule has 4 heteroatoms. The Balaban J connectivity index is 5.49. The molecule has 0 heterocycles. The fourth-order valence-electron chi connectivity index (χ4n) is 3.87. The van der Waals surface area contributed by atoms with Gasteiger partial charge in [-0.05, 0) is 0 Å². The second kappa shape index (κ2) is 16.0. The van der Waals surface area contributed by atoms with Crippen LogP contribution in [-0.2, 0) is 0 Å². The van der Waals surface area contributed by atoms with E-state index in [2.05, 4.69) is 58.2 Å². The van der Waals surface area contributed by atoms with Gasteiger partial charge in [-0.15, -0.1) is 0 Å². The molecule has 0 aliphatic rings. The second-order valence-electron chi connectivity index (χ2n) is 7.51. The summed E-state index contributed by atoms with van der Waals surface area (Å²) in [6, 6.07) is 0. The van der Waals surface area contributed by atoms with Gasteiger partial charge in [0.15, 0.2) is 0 Å². The molecule has 0 saturated heterocycles. The summed E-state index contributed by atoms with van der Waals surface area (Å²) in [6.45, 7) is 16.1. The van der Waals surface area contributed by atoms with Crippen LogP contribution in [-0.4, -0.2) is 44.0 Å². The zero-order valence-corrected chi connectivity index (χ0v) is 22.5. The summed E-state index contributed by atoms with van der Waals surface area (Å²) >= 11 is 5.82. The summed E-state index contributed by atoms with van der Waals surface area (Å²) in [5.41, 5.74) is 0. The molecule has 0 rings (SSSR count). The van der Waals surface area contributed by atoms with Gasteiger partial charge in [0.1, 0.15) is 0 Å². The molecule has 1 nitrogen and oxygen atoms in total. The number of rotatable bonds is 15. The molecule has 1 unspecified atom stereocenters. The molecule has 25 heavy (non-hydrogen) atoms. The monoisotopic (exact) mass is 495 g/mol. The summed E-state index contributed by atoms with van der Waals surface area (Å²) in [5, 5.41) is 0. The van der Waals surface area contributed by atoms with E-state index in [1.165, 1.54) is 55.7 Å². The fraction of sp³-hybridized carbons (Fsp3) is 0.952. The molecule has 150 valence electrons. The Morgan fingerprint density at radius 2 is 1.24 bits per heavy atom. The van der Waals surface area contributed by atoms with Crippen molar-refractivity contribution in [2.75, 3.05) is 13.1 Å². The molecule has 0 N–H and O–H groups in total. The van der Waals surface area contributed by atoms with Gasteiger partial charge in [0.05, 0.1) is 0 Å². The first kappa shape index (κ1) is 26.0. The average molecular weight is 494 g/mol. The van der Waals surface area contributed by atoms with Crippen molar-refractivity contribution in [3.05, 3.63) is 0 Å². The van der Waals surface area contributed by atoms with E-state index >= 15 is 0 Å². The van der Waals surface area contributed by atoms with Gasteiger partial charge in [-0.1, -0.05) is 0 Å². The number of nitrogens with zero attached hydrogens (tertiary/aromatic N) is 1. The molecular formula is C21H45NS2Sn. The van der Waals surface area contributed by atoms with Crippen molar-refractivity contribution in [1.29, 1.82) is 0 Å². The molecule has 0 amide bonds. The minimum absolute atomic E-state index is 0.900. The number of unbranched alkanes of at least 4 members (excludes halogenated alkanes) is 3. The first-order valence-corrected chi connectivity index (χ1v) is 20.0. The molecular weight excluding hydrogens is 449 g/mol. The van der Waals surface area contributed by atoms with Crippen molar-refractivity contribution >= 4 is 46.7 Å². The third-order valence-electron chi connectivity index (χ3n) is 5.58. The molecule has 0 aliphatic heterocycles. The van der Waals surface area contributed by atoms with E-state index < -0.39 is 18.4 Å². The molecule has 0 radical (unpaired) electrons. The van der Waals surface area contributed by atoms with Crippen molar-refractivity contribution in [3.8, 4) is 0 Å². The quantitative estimate of drug-likeness (QED) is 0.168. The number of thiocarbonyl (C=S) groups is 1. The van der Waals surface area contributed by atoms with E-state index in [0.29, 0.717) is 0 Å². The van der Waals surface area contributed by atoms with E-state index in [4.69, 9.17) is 12.2 Å². The molecule has 0 aliphatic carbocycles. The van der Waals surface area contributed by atoms with Gasteiger partial charge in [0.2, 0.25) is 0 Å². The first-order chi connectivity index (χ1) is 12.0. The van der Waals surface area contributed by atoms with Crippen LogP contribution in [0.5, 0.6) is 0 Å². The van der Waals surface area contributed by atoms with Crippen molar-refractivity contribution in [2.24, 2.45) is 0 Å². The Kier molecular flexibility index (Phi) is 16.7. The first-order valence-electron chi connectivity index (χ1n) is 11.0. The van der Waals surface area contributed by atoms with Crippen LogP contribution in [0.1, 0.15) is 92.9 Å². The Morgan fingerprint density at radius 3 is 1.56 bits per heavy atom. The number of thioether (sulfide) groups is 1. The summed E-state index contributed by atoms with van der Waals surface area (Å²) < 4.78 is 6.89. The van der Waals surface area contributed by atoms with Crippen LogP contribution in [0.2, 0.25) is 13.3 Å².